The zero-order valence-electron chi connectivity index (χ0n) is 13.8. The van der Waals surface area contributed by atoms with Crippen molar-refractivity contribution in [3.8, 4) is 0 Å². The molecule has 0 unspecified atom stereocenters. The van der Waals surface area contributed by atoms with Gasteiger partial charge in [-0.1, -0.05) is 0 Å². The molecule has 124 valence electrons. The van der Waals surface area contributed by atoms with E-state index in [1.807, 2.05) is 34.2 Å². The summed E-state index contributed by atoms with van der Waals surface area (Å²) in [6.07, 6.45) is 3.14. The Morgan fingerprint density at radius 2 is 2.04 bits per heavy atom. The number of hydrogen-bond acceptors (Lipinski definition) is 4. The quantitative estimate of drug-likeness (QED) is 0.835. The summed E-state index contributed by atoms with van der Waals surface area (Å²) < 4.78 is 0. The fourth-order valence-electron chi connectivity index (χ4n) is 3.52. The van der Waals surface area contributed by atoms with Crippen LogP contribution in [-0.2, 0) is 0 Å². The Hall–Kier alpha value is -2.14. The van der Waals surface area contributed by atoms with Crippen LogP contribution < -0.4 is 5.01 Å². The van der Waals surface area contributed by atoms with Crippen molar-refractivity contribution < 1.29 is 4.79 Å². The van der Waals surface area contributed by atoms with Gasteiger partial charge in [-0.05, 0) is 66.4 Å². The van der Waals surface area contributed by atoms with Crippen LogP contribution in [0.25, 0.3) is 0 Å². The van der Waals surface area contributed by atoms with Gasteiger partial charge >= 0.3 is 0 Å². The molecule has 3 heterocycles. The lowest BCUT2D eigenvalue weighted by molar-refractivity contribution is 0.0736. The van der Waals surface area contributed by atoms with E-state index in [0.717, 1.165) is 49.3 Å². The summed E-state index contributed by atoms with van der Waals surface area (Å²) in [6, 6.07) is 10.2. The first-order valence-electron chi connectivity index (χ1n) is 8.47. The molecule has 2 aliphatic heterocycles. The molecule has 1 aromatic carbocycles. The lowest BCUT2D eigenvalue weighted by atomic mass is 10.1. The van der Waals surface area contributed by atoms with Crippen LogP contribution in [0.1, 0.15) is 48.1 Å². The van der Waals surface area contributed by atoms with Crippen molar-refractivity contribution in [3.05, 3.63) is 52.2 Å². The maximum atomic E-state index is 12.9. The van der Waals surface area contributed by atoms with Gasteiger partial charge in [0, 0.05) is 30.8 Å². The zero-order chi connectivity index (χ0) is 16.5. The number of rotatable bonds is 3. The number of anilines is 1. The molecule has 1 fully saturated rings. The Balaban J connectivity index is 1.52. The third-order valence-electron chi connectivity index (χ3n) is 4.83. The van der Waals surface area contributed by atoms with Gasteiger partial charge in [0.05, 0.1) is 11.7 Å². The van der Waals surface area contributed by atoms with Crippen molar-refractivity contribution >= 4 is 28.6 Å². The van der Waals surface area contributed by atoms with Gasteiger partial charge in [-0.3, -0.25) is 9.80 Å². The fraction of sp³-hybridized carbons (Fsp3) is 0.368. The van der Waals surface area contributed by atoms with E-state index in [1.54, 1.807) is 11.3 Å². The Morgan fingerprint density at radius 1 is 1.21 bits per heavy atom. The molecule has 0 spiro atoms. The average molecular weight is 339 g/mol. The molecular formula is C19H21N3OS. The van der Waals surface area contributed by atoms with Crippen molar-refractivity contribution in [1.82, 2.24) is 4.90 Å². The minimum atomic E-state index is 0.136. The third kappa shape index (κ3) is 2.84. The number of carbonyl (C=O) groups excluding carboxylic acids is 1. The molecule has 1 saturated heterocycles. The van der Waals surface area contributed by atoms with Gasteiger partial charge in [0.2, 0.25) is 0 Å². The molecule has 4 rings (SSSR count). The van der Waals surface area contributed by atoms with Crippen molar-refractivity contribution in [3.63, 3.8) is 0 Å². The summed E-state index contributed by atoms with van der Waals surface area (Å²) in [4.78, 5) is 14.9. The minimum Gasteiger partial charge on any atom is -0.332 e. The van der Waals surface area contributed by atoms with E-state index >= 15 is 0 Å². The van der Waals surface area contributed by atoms with Crippen LogP contribution in [0.2, 0.25) is 0 Å². The smallest absolute Gasteiger partial charge is 0.254 e. The molecule has 0 saturated carbocycles. The second kappa shape index (κ2) is 6.40. The first kappa shape index (κ1) is 15.4. The van der Waals surface area contributed by atoms with Gasteiger partial charge in [-0.25, -0.2) is 0 Å². The lowest BCUT2D eigenvalue weighted by Gasteiger charge is -2.24. The van der Waals surface area contributed by atoms with E-state index in [0.29, 0.717) is 0 Å². The fourth-order valence-corrected chi connectivity index (χ4v) is 4.23. The van der Waals surface area contributed by atoms with Crippen LogP contribution in [0.15, 0.2) is 46.2 Å². The summed E-state index contributed by atoms with van der Waals surface area (Å²) in [5, 5.41) is 10.8. The zero-order valence-corrected chi connectivity index (χ0v) is 14.6. The Morgan fingerprint density at radius 3 is 2.71 bits per heavy atom. The van der Waals surface area contributed by atoms with E-state index < -0.39 is 0 Å². The summed E-state index contributed by atoms with van der Waals surface area (Å²) in [6.45, 7) is 3.82. The molecule has 4 nitrogen and oxygen atoms in total. The van der Waals surface area contributed by atoms with Crippen LogP contribution >= 0.6 is 11.3 Å². The summed E-state index contributed by atoms with van der Waals surface area (Å²) >= 11 is 1.70. The molecule has 0 radical (unpaired) electrons. The maximum Gasteiger partial charge on any atom is 0.254 e. The second-order valence-electron chi connectivity index (χ2n) is 6.47. The highest BCUT2D eigenvalue weighted by Gasteiger charge is 2.30. The molecule has 1 aromatic heterocycles. The van der Waals surface area contributed by atoms with Crippen molar-refractivity contribution in [2.24, 2.45) is 5.10 Å². The van der Waals surface area contributed by atoms with Crippen LogP contribution in [0.5, 0.6) is 0 Å². The largest absolute Gasteiger partial charge is 0.332 e. The predicted octanol–water partition coefficient (Wildman–Crippen LogP) is 4.31. The van der Waals surface area contributed by atoms with Gasteiger partial charge in [-0.15, -0.1) is 0 Å². The highest BCUT2D eigenvalue weighted by Crippen LogP contribution is 2.34. The molecular weight excluding hydrogens is 318 g/mol. The highest BCUT2D eigenvalue weighted by molar-refractivity contribution is 7.08. The Labute approximate surface area is 146 Å². The van der Waals surface area contributed by atoms with Crippen LogP contribution in [0.3, 0.4) is 0 Å². The normalized spacial score (nSPS) is 20.5. The number of nitrogens with zero attached hydrogens (tertiary/aromatic N) is 3. The van der Waals surface area contributed by atoms with E-state index in [4.69, 9.17) is 0 Å². The van der Waals surface area contributed by atoms with Gasteiger partial charge in [0.1, 0.15) is 0 Å². The van der Waals surface area contributed by atoms with Crippen LogP contribution in [0, 0.1) is 0 Å². The first-order valence-corrected chi connectivity index (χ1v) is 9.41. The molecule has 0 bridgehead atoms. The number of carbonyl (C=O) groups is 1. The number of hydrazone groups is 1. The molecule has 2 aliphatic rings. The third-order valence-corrected chi connectivity index (χ3v) is 5.53. The van der Waals surface area contributed by atoms with Gasteiger partial charge < -0.3 is 4.90 Å². The number of benzene rings is 1. The van der Waals surface area contributed by atoms with Crippen molar-refractivity contribution in [1.29, 1.82) is 0 Å². The Bertz CT molecular complexity index is 751. The average Bonchev–Trinajstić information content (AvgIpc) is 3.35. The summed E-state index contributed by atoms with van der Waals surface area (Å²) in [7, 11) is 0. The predicted molar refractivity (Wildman–Crippen MR) is 98.8 cm³/mol. The summed E-state index contributed by atoms with van der Waals surface area (Å²) in [5.74, 6) is 0.136. The molecule has 2 aromatic rings. The first-order chi connectivity index (χ1) is 11.7. The minimum absolute atomic E-state index is 0.136. The number of amides is 1. The summed E-state index contributed by atoms with van der Waals surface area (Å²) in [5.41, 5.74) is 4.25. The molecule has 24 heavy (non-hydrogen) atoms. The van der Waals surface area contributed by atoms with Crippen LogP contribution in [0.4, 0.5) is 5.69 Å². The second-order valence-corrected chi connectivity index (χ2v) is 7.25. The molecule has 0 N–H and O–H groups in total. The topological polar surface area (TPSA) is 35.9 Å². The van der Waals surface area contributed by atoms with E-state index in [2.05, 4.69) is 28.9 Å². The van der Waals surface area contributed by atoms with Gasteiger partial charge in [0.25, 0.3) is 5.91 Å². The van der Waals surface area contributed by atoms with Crippen molar-refractivity contribution in [2.75, 3.05) is 18.1 Å². The SMILES string of the molecule is CC1=NN(c2ccc(C(=O)N3CCC[C@H]3c3ccsc3)cc2)CC1. The number of likely N-dealkylation sites (tertiary alicyclic amines) is 1. The maximum absolute atomic E-state index is 12.9. The molecule has 0 aliphatic carbocycles. The molecule has 1 amide bonds. The van der Waals surface area contributed by atoms with E-state index in [9.17, 15) is 4.79 Å². The van der Waals surface area contributed by atoms with Crippen molar-refractivity contribution in [2.45, 2.75) is 32.2 Å². The Kier molecular flexibility index (Phi) is 4.10. The van der Waals surface area contributed by atoms with Crippen LogP contribution in [-0.4, -0.2) is 29.6 Å². The van der Waals surface area contributed by atoms with E-state index in [-0.39, 0.29) is 11.9 Å². The lowest BCUT2D eigenvalue weighted by Crippen LogP contribution is -2.30. The standard InChI is InChI=1S/C19H21N3OS/c1-14-8-11-22(20-14)17-6-4-15(5-7-17)19(23)21-10-2-3-18(21)16-9-12-24-13-16/h4-7,9,12-13,18H,2-3,8,10-11H2,1H3/t18-/m0/s1. The number of thiophene rings is 1. The highest BCUT2D eigenvalue weighted by atomic mass is 32.1. The number of hydrogen-bond donors (Lipinski definition) is 0. The molecule has 5 heteroatoms. The monoisotopic (exact) mass is 339 g/mol. The van der Waals surface area contributed by atoms with Gasteiger partial charge in [0.15, 0.2) is 0 Å². The van der Waals surface area contributed by atoms with Gasteiger partial charge in [-0.2, -0.15) is 16.4 Å². The molecule has 1 atom stereocenters. The van der Waals surface area contributed by atoms with E-state index in [1.165, 1.54) is 5.56 Å².